The second-order valence-corrected chi connectivity index (χ2v) is 6.01. The number of nitrogens with one attached hydrogen (secondary N) is 2. The summed E-state index contributed by atoms with van der Waals surface area (Å²) in [4.78, 5) is 14.3. The lowest BCUT2D eigenvalue weighted by molar-refractivity contribution is 0.0441. The van der Waals surface area contributed by atoms with E-state index in [1.807, 2.05) is 6.07 Å². The Kier molecular flexibility index (Phi) is 3.46. The van der Waals surface area contributed by atoms with Crippen LogP contribution in [0.25, 0.3) is 0 Å². The third kappa shape index (κ3) is 2.74. The molecule has 1 aromatic heterocycles. The number of aliphatic hydroxyl groups is 1. The van der Waals surface area contributed by atoms with Crippen molar-refractivity contribution < 1.29 is 5.11 Å². The van der Waals surface area contributed by atoms with Crippen LogP contribution in [-0.4, -0.2) is 22.2 Å². The smallest absolute Gasteiger partial charge is 0.248 e. The predicted octanol–water partition coefficient (Wildman–Crippen LogP) is 1.65. The molecule has 0 aliphatic heterocycles. The fourth-order valence-corrected chi connectivity index (χ4v) is 3.44. The highest BCUT2D eigenvalue weighted by atomic mass is 16.3. The molecule has 0 aromatic carbocycles. The van der Waals surface area contributed by atoms with Crippen molar-refractivity contribution in [2.24, 2.45) is 0 Å². The van der Waals surface area contributed by atoms with Gasteiger partial charge in [0.05, 0.1) is 5.60 Å². The van der Waals surface area contributed by atoms with Gasteiger partial charge in [-0.15, -0.1) is 0 Å². The van der Waals surface area contributed by atoms with Gasteiger partial charge in [-0.3, -0.25) is 4.79 Å². The van der Waals surface area contributed by atoms with Crippen LogP contribution in [0, 0.1) is 0 Å². The first-order valence-corrected chi connectivity index (χ1v) is 7.34. The number of hydrogen-bond donors (Lipinski definition) is 3. The number of H-pyrrole nitrogens is 1. The minimum absolute atomic E-state index is 0.0196. The molecule has 4 heteroatoms. The van der Waals surface area contributed by atoms with E-state index in [-0.39, 0.29) is 11.6 Å². The fraction of sp³-hybridized carbons (Fsp3) is 0.667. The molecule has 1 fully saturated rings. The van der Waals surface area contributed by atoms with Gasteiger partial charge in [0.1, 0.15) is 0 Å². The van der Waals surface area contributed by atoms with E-state index in [1.165, 1.54) is 5.56 Å². The predicted molar refractivity (Wildman–Crippen MR) is 74.2 cm³/mol. The van der Waals surface area contributed by atoms with Crippen molar-refractivity contribution in [3.8, 4) is 0 Å². The minimum atomic E-state index is -0.514. The molecule has 2 aliphatic rings. The zero-order valence-electron chi connectivity index (χ0n) is 11.2. The van der Waals surface area contributed by atoms with E-state index >= 15 is 0 Å². The summed E-state index contributed by atoms with van der Waals surface area (Å²) >= 11 is 0. The molecular formula is C15H22N2O2. The van der Waals surface area contributed by atoms with Crippen molar-refractivity contribution in [1.29, 1.82) is 0 Å². The summed E-state index contributed by atoms with van der Waals surface area (Å²) in [5, 5.41) is 13.9. The molecule has 0 saturated heterocycles. The molecule has 19 heavy (non-hydrogen) atoms. The van der Waals surface area contributed by atoms with Crippen LogP contribution in [0.2, 0.25) is 0 Å². The highest BCUT2D eigenvalue weighted by Crippen LogP contribution is 2.31. The number of aromatic nitrogens is 1. The number of aryl methyl sites for hydroxylation is 1. The van der Waals surface area contributed by atoms with Crippen molar-refractivity contribution in [2.45, 2.75) is 56.6 Å². The average molecular weight is 262 g/mol. The number of pyridine rings is 1. The first kappa shape index (κ1) is 12.9. The SMILES string of the molecule is O=c1ccc2c([nH]1)CCCC2NCC1(O)CCCC1. The van der Waals surface area contributed by atoms with Crippen LogP contribution in [0.5, 0.6) is 0 Å². The topological polar surface area (TPSA) is 65.1 Å². The first-order chi connectivity index (χ1) is 9.16. The zero-order valence-corrected chi connectivity index (χ0v) is 11.2. The number of hydrogen-bond acceptors (Lipinski definition) is 3. The van der Waals surface area contributed by atoms with Gasteiger partial charge in [0, 0.05) is 24.3 Å². The van der Waals surface area contributed by atoms with E-state index in [9.17, 15) is 9.90 Å². The summed E-state index contributed by atoms with van der Waals surface area (Å²) in [6, 6.07) is 3.80. The third-order valence-electron chi connectivity index (χ3n) is 4.54. The van der Waals surface area contributed by atoms with E-state index in [0.717, 1.165) is 50.6 Å². The molecule has 4 nitrogen and oxygen atoms in total. The standard InChI is InChI=1S/C15H22N2O2/c18-14-7-6-11-12(4-3-5-13(11)17-14)16-10-15(19)8-1-2-9-15/h6-7,12,16,19H,1-5,8-10H2,(H,17,18). The zero-order chi connectivity index (χ0) is 13.3. The quantitative estimate of drug-likeness (QED) is 0.776. The Morgan fingerprint density at radius 3 is 2.89 bits per heavy atom. The van der Waals surface area contributed by atoms with Crippen LogP contribution in [0.3, 0.4) is 0 Å². The number of fused-ring (bicyclic) bond motifs is 1. The second-order valence-electron chi connectivity index (χ2n) is 6.01. The van der Waals surface area contributed by atoms with E-state index in [0.29, 0.717) is 6.54 Å². The summed E-state index contributed by atoms with van der Waals surface area (Å²) in [5.41, 5.74) is 1.73. The van der Waals surface area contributed by atoms with Crippen molar-refractivity contribution >= 4 is 0 Å². The van der Waals surface area contributed by atoms with Gasteiger partial charge >= 0.3 is 0 Å². The monoisotopic (exact) mass is 262 g/mol. The van der Waals surface area contributed by atoms with Gasteiger partial charge in [0.2, 0.25) is 5.56 Å². The highest BCUT2D eigenvalue weighted by molar-refractivity contribution is 5.26. The van der Waals surface area contributed by atoms with Crippen LogP contribution in [-0.2, 0) is 6.42 Å². The summed E-state index contributed by atoms with van der Waals surface area (Å²) in [6.45, 7) is 0.663. The summed E-state index contributed by atoms with van der Waals surface area (Å²) in [5.74, 6) is 0. The van der Waals surface area contributed by atoms with Gasteiger partial charge < -0.3 is 15.4 Å². The molecule has 1 saturated carbocycles. The molecule has 3 N–H and O–H groups in total. The molecule has 0 radical (unpaired) electrons. The molecule has 0 amide bonds. The van der Waals surface area contributed by atoms with Crippen LogP contribution in [0.4, 0.5) is 0 Å². The Bertz CT molecular complexity index is 503. The van der Waals surface area contributed by atoms with Crippen molar-refractivity contribution in [3.63, 3.8) is 0 Å². The van der Waals surface area contributed by atoms with Crippen LogP contribution >= 0.6 is 0 Å². The second kappa shape index (κ2) is 5.10. The Balaban J connectivity index is 1.71. The Morgan fingerprint density at radius 2 is 2.11 bits per heavy atom. The first-order valence-electron chi connectivity index (χ1n) is 7.34. The lowest BCUT2D eigenvalue weighted by atomic mass is 9.90. The lowest BCUT2D eigenvalue weighted by Crippen LogP contribution is -2.40. The summed E-state index contributed by atoms with van der Waals surface area (Å²) in [6.07, 6.45) is 7.20. The van der Waals surface area contributed by atoms with Crippen LogP contribution in [0.1, 0.15) is 55.8 Å². The molecule has 0 spiro atoms. The Labute approximate surface area is 113 Å². The van der Waals surface area contributed by atoms with Gasteiger partial charge in [-0.25, -0.2) is 0 Å². The highest BCUT2D eigenvalue weighted by Gasteiger charge is 2.32. The lowest BCUT2D eigenvalue weighted by Gasteiger charge is -2.30. The van der Waals surface area contributed by atoms with Crippen molar-refractivity contribution in [1.82, 2.24) is 10.3 Å². The van der Waals surface area contributed by atoms with E-state index < -0.39 is 5.60 Å². The van der Waals surface area contributed by atoms with Crippen LogP contribution in [0.15, 0.2) is 16.9 Å². The molecule has 104 valence electrons. The molecule has 0 bridgehead atoms. The molecule has 1 aromatic rings. The summed E-state index contributed by atoms with van der Waals surface area (Å²) < 4.78 is 0. The molecule has 1 atom stereocenters. The molecule has 1 heterocycles. The van der Waals surface area contributed by atoms with Gasteiger partial charge in [-0.05, 0) is 37.7 Å². The normalized spacial score (nSPS) is 25.2. The van der Waals surface area contributed by atoms with E-state index in [2.05, 4.69) is 10.3 Å². The maximum absolute atomic E-state index is 11.4. The minimum Gasteiger partial charge on any atom is -0.389 e. The fourth-order valence-electron chi connectivity index (χ4n) is 3.44. The molecule has 1 unspecified atom stereocenters. The maximum Gasteiger partial charge on any atom is 0.248 e. The molecular weight excluding hydrogens is 240 g/mol. The van der Waals surface area contributed by atoms with Crippen molar-refractivity contribution in [3.05, 3.63) is 33.7 Å². The summed E-state index contributed by atoms with van der Waals surface area (Å²) in [7, 11) is 0. The third-order valence-corrected chi connectivity index (χ3v) is 4.54. The Hall–Kier alpha value is -1.13. The van der Waals surface area contributed by atoms with Gasteiger partial charge in [-0.1, -0.05) is 18.9 Å². The van der Waals surface area contributed by atoms with Gasteiger partial charge in [-0.2, -0.15) is 0 Å². The van der Waals surface area contributed by atoms with Crippen molar-refractivity contribution in [2.75, 3.05) is 6.54 Å². The number of aromatic amines is 1. The van der Waals surface area contributed by atoms with Gasteiger partial charge in [0.15, 0.2) is 0 Å². The van der Waals surface area contributed by atoms with Gasteiger partial charge in [0.25, 0.3) is 0 Å². The van der Waals surface area contributed by atoms with E-state index in [1.54, 1.807) is 6.07 Å². The average Bonchev–Trinajstić information content (AvgIpc) is 2.83. The Morgan fingerprint density at radius 1 is 1.32 bits per heavy atom. The molecule has 3 rings (SSSR count). The number of rotatable bonds is 3. The van der Waals surface area contributed by atoms with E-state index in [4.69, 9.17) is 0 Å². The van der Waals surface area contributed by atoms with Crippen LogP contribution < -0.4 is 10.9 Å². The maximum atomic E-state index is 11.4. The molecule has 2 aliphatic carbocycles. The largest absolute Gasteiger partial charge is 0.389 e.